The van der Waals surface area contributed by atoms with Gasteiger partial charge in [0.2, 0.25) is 0 Å². The summed E-state index contributed by atoms with van der Waals surface area (Å²) in [4.78, 5) is 11.1. The summed E-state index contributed by atoms with van der Waals surface area (Å²) in [7, 11) is 0. The van der Waals surface area contributed by atoms with Crippen molar-refractivity contribution in [3.63, 3.8) is 0 Å². The van der Waals surface area contributed by atoms with E-state index in [0.29, 0.717) is 5.92 Å². The molecule has 0 N–H and O–H groups in total. The monoisotopic (exact) mass is 176 g/mol. The highest BCUT2D eigenvalue weighted by Gasteiger charge is 2.20. The topological polar surface area (TPSA) is 26.3 Å². The van der Waals surface area contributed by atoms with E-state index >= 15 is 0 Å². The maximum Gasteiger partial charge on any atom is 0.159 e. The number of hydrogen-bond donors (Lipinski definition) is 0. The van der Waals surface area contributed by atoms with Crippen LogP contribution in [-0.2, 0) is 0 Å². The minimum Gasteiger partial charge on any atom is -0.493 e. The van der Waals surface area contributed by atoms with Crippen molar-refractivity contribution in [1.82, 2.24) is 0 Å². The predicted molar refractivity (Wildman–Crippen MR) is 50.4 cm³/mol. The zero-order valence-electron chi connectivity index (χ0n) is 7.83. The molecular weight excluding hydrogens is 164 g/mol. The van der Waals surface area contributed by atoms with Gasteiger partial charge in [0.15, 0.2) is 5.78 Å². The van der Waals surface area contributed by atoms with Gasteiger partial charge >= 0.3 is 0 Å². The Morgan fingerprint density at radius 1 is 1.54 bits per heavy atom. The van der Waals surface area contributed by atoms with Gasteiger partial charge in [-0.05, 0) is 13.0 Å². The first-order valence-electron chi connectivity index (χ1n) is 4.46. The van der Waals surface area contributed by atoms with E-state index in [4.69, 9.17) is 4.74 Å². The van der Waals surface area contributed by atoms with E-state index in [2.05, 4.69) is 6.92 Å². The lowest BCUT2D eigenvalue weighted by atomic mass is 10.0. The van der Waals surface area contributed by atoms with E-state index < -0.39 is 0 Å². The molecule has 0 saturated heterocycles. The van der Waals surface area contributed by atoms with Crippen LogP contribution >= 0.6 is 0 Å². The lowest BCUT2D eigenvalue weighted by Crippen LogP contribution is -1.93. The largest absolute Gasteiger partial charge is 0.493 e. The molecule has 1 aromatic carbocycles. The summed E-state index contributed by atoms with van der Waals surface area (Å²) >= 11 is 0. The van der Waals surface area contributed by atoms with Crippen LogP contribution in [0.2, 0.25) is 0 Å². The lowest BCUT2D eigenvalue weighted by Gasteiger charge is -2.01. The van der Waals surface area contributed by atoms with Crippen LogP contribution in [0, 0.1) is 0 Å². The van der Waals surface area contributed by atoms with E-state index in [1.54, 1.807) is 6.92 Å². The number of ether oxygens (including phenoxy) is 1. The third kappa shape index (κ3) is 1.32. The van der Waals surface area contributed by atoms with Gasteiger partial charge in [0, 0.05) is 17.0 Å². The highest BCUT2D eigenvalue weighted by molar-refractivity contribution is 5.94. The molecule has 1 heterocycles. The summed E-state index contributed by atoms with van der Waals surface area (Å²) in [5.74, 6) is 1.42. The molecule has 0 spiro atoms. The number of ketones is 1. The first-order chi connectivity index (χ1) is 6.18. The van der Waals surface area contributed by atoms with E-state index in [9.17, 15) is 4.79 Å². The Bertz CT molecular complexity index is 355. The first kappa shape index (κ1) is 8.30. The molecule has 0 radical (unpaired) electrons. The van der Waals surface area contributed by atoms with Gasteiger partial charge in [0.05, 0.1) is 6.61 Å². The average Bonchev–Trinajstić information content (AvgIpc) is 2.47. The molecule has 2 heteroatoms. The summed E-state index contributed by atoms with van der Waals surface area (Å²) in [5.41, 5.74) is 1.94. The number of carbonyl (C=O) groups is 1. The van der Waals surface area contributed by atoms with Gasteiger partial charge in [0.25, 0.3) is 0 Å². The Morgan fingerprint density at radius 3 is 3.00 bits per heavy atom. The van der Waals surface area contributed by atoms with Crippen LogP contribution in [0.25, 0.3) is 0 Å². The van der Waals surface area contributed by atoms with Crippen LogP contribution in [0.4, 0.5) is 0 Å². The van der Waals surface area contributed by atoms with Gasteiger partial charge in [-0.1, -0.05) is 19.1 Å². The van der Waals surface area contributed by atoms with Crippen molar-refractivity contribution in [2.75, 3.05) is 6.61 Å². The first-order valence-corrected chi connectivity index (χ1v) is 4.46. The number of rotatable bonds is 1. The van der Waals surface area contributed by atoms with Crippen molar-refractivity contribution in [2.24, 2.45) is 0 Å². The molecular formula is C11H12O2. The van der Waals surface area contributed by atoms with Crippen molar-refractivity contribution in [3.05, 3.63) is 29.3 Å². The molecule has 0 aliphatic carbocycles. The summed E-state index contributed by atoms with van der Waals surface area (Å²) in [6.45, 7) is 4.43. The minimum absolute atomic E-state index is 0.0888. The predicted octanol–water partition coefficient (Wildman–Crippen LogP) is 2.39. The second kappa shape index (κ2) is 2.87. The lowest BCUT2D eigenvalue weighted by molar-refractivity contribution is 0.101. The fourth-order valence-electron chi connectivity index (χ4n) is 1.59. The average molecular weight is 176 g/mol. The molecule has 0 aromatic heterocycles. The van der Waals surface area contributed by atoms with Crippen molar-refractivity contribution in [1.29, 1.82) is 0 Å². The minimum atomic E-state index is 0.0888. The van der Waals surface area contributed by atoms with Gasteiger partial charge < -0.3 is 4.74 Å². The molecule has 1 aliphatic rings. The standard InChI is InChI=1S/C11H12O2/c1-7-6-13-11-5-9(8(2)12)3-4-10(7)11/h3-5,7H,6H2,1-2H3. The van der Waals surface area contributed by atoms with E-state index in [-0.39, 0.29) is 5.78 Å². The third-order valence-corrected chi connectivity index (χ3v) is 2.44. The van der Waals surface area contributed by atoms with Crippen molar-refractivity contribution in [2.45, 2.75) is 19.8 Å². The van der Waals surface area contributed by atoms with Crippen LogP contribution in [-0.4, -0.2) is 12.4 Å². The molecule has 0 bridgehead atoms. The molecule has 1 atom stereocenters. The Balaban J connectivity index is 2.45. The van der Waals surface area contributed by atoms with Crippen LogP contribution in [0.5, 0.6) is 5.75 Å². The fraction of sp³-hybridized carbons (Fsp3) is 0.364. The summed E-state index contributed by atoms with van der Waals surface area (Å²) in [6, 6.07) is 5.69. The van der Waals surface area contributed by atoms with Gasteiger partial charge in [-0.25, -0.2) is 0 Å². The second-order valence-corrected chi connectivity index (χ2v) is 3.52. The van der Waals surface area contributed by atoms with Crippen LogP contribution < -0.4 is 4.74 Å². The third-order valence-electron chi connectivity index (χ3n) is 2.44. The molecule has 2 rings (SSSR count). The zero-order chi connectivity index (χ0) is 9.42. The molecule has 13 heavy (non-hydrogen) atoms. The zero-order valence-corrected chi connectivity index (χ0v) is 7.83. The van der Waals surface area contributed by atoms with Crippen molar-refractivity contribution >= 4 is 5.78 Å². The van der Waals surface area contributed by atoms with Gasteiger partial charge in [-0.2, -0.15) is 0 Å². The van der Waals surface area contributed by atoms with Crippen molar-refractivity contribution in [3.8, 4) is 5.75 Å². The van der Waals surface area contributed by atoms with E-state index in [1.807, 2.05) is 18.2 Å². The molecule has 68 valence electrons. The number of hydrogen-bond acceptors (Lipinski definition) is 2. The van der Waals surface area contributed by atoms with Crippen molar-refractivity contribution < 1.29 is 9.53 Å². The molecule has 1 aromatic rings. The smallest absolute Gasteiger partial charge is 0.159 e. The molecule has 1 aliphatic heterocycles. The number of carbonyl (C=O) groups excluding carboxylic acids is 1. The van der Waals surface area contributed by atoms with Gasteiger partial charge in [0.1, 0.15) is 5.75 Å². The Morgan fingerprint density at radius 2 is 2.31 bits per heavy atom. The highest BCUT2D eigenvalue weighted by atomic mass is 16.5. The highest BCUT2D eigenvalue weighted by Crippen LogP contribution is 2.33. The Labute approximate surface area is 77.5 Å². The second-order valence-electron chi connectivity index (χ2n) is 3.52. The Hall–Kier alpha value is -1.31. The normalized spacial score (nSPS) is 19.4. The maximum atomic E-state index is 11.1. The van der Waals surface area contributed by atoms with E-state index in [0.717, 1.165) is 17.9 Å². The van der Waals surface area contributed by atoms with Crippen LogP contribution in [0.3, 0.4) is 0 Å². The number of Topliss-reactive ketones (excluding diaryl/α,β-unsaturated/α-hetero) is 1. The molecule has 2 nitrogen and oxygen atoms in total. The van der Waals surface area contributed by atoms with Gasteiger partial charge in [-0.3, -0.25) is 4.79 Å². The van der Waals surface area contributed by atoms with Gasteiger partial charge in [-0.15, -0.1) is 0 Å². The quantitative estimate of drug-likeness (QED) is 0.614. The molecule has 1 unspecified atom stereocenters. The maximum absolute atomic E-state index is 11.1. The SMILES string of the molecule is CC(=O)c1ccc2c(c1)OCC2C. The van der Waals surface area contributed by atoms with E-state index in [1.165, 1.54) is 5.56 Å². The number of benzene rings is 1. The number of fused-ring (bicyclic) bond motifs is 1. The summed E-state index contributed by atoms with van der Waals surface area (Å²) in [5, 5.41) is 0. The summed E-state index contributed by atoms with van der Waals surface area (Å²) in [6.07, 6.45) is 0. The summed E-state index contributed by atoms with van der Waals surface area (Å²) < 4.78 is 5.45. The molecule has 0 fully saturated rings. The molecule has 0 amide bonds. The molecule has 0 saturated carbocycles. The fourth-order valence-corrected chi connectivity index (χ4v) is 1.59. The van der Waals surface area contributed by atoms with Crippen LogP contribution in [0.15, 0.2) is 18.2 Å². The Kier molecular flexibility index (Phi) is 1.83. The van der Waals surface area contributed by atoms with Crippen LogP contribution in [0.1, 0.15) is 35.7 Å².